The van der Waals surface area contributed by atoms with Crippen LogP contribution in [-0.2, 0) is 11.2 Å². The normalized spacial score (nSPS) is 15.4. The summed E-state index contributed by atoms with van der Waals surface area (Å²) in [6.45, 7) is 8.85. The molecule has 0 unspecified atom stereocenters. The number of likely N-dealkylation sites (tertiary alicyclic amines) is 1. The molecular formula is C20H26FN3O2. The van der Waals surface area contributed by atoms with E-state index in [1.807, 2.05) is 0 Å². The minimum atomic E-state index is -0.346. The van der Waals surface area contributed by atoms with Crippen molar-refractivity contribution in [3.05, 3.63) is 41.5 Å². The highest BCUT2D eigenvalue weighted by atomic mass is 19.1. The zero-order chi connectivity index (χ0) is 18.7. The van der Waals surface area contributed by atoms with Crippen LogP contribution in [0.15, 0.2) is 28.7 Å². The van der Waals surface area contributed by atoms with Crippen molar-refractivity contribution in [2.24, 2.45) is 0 Å². The fourth-order valence-electron chi connectivity index (χ4n) is 3.30. The van der Waals surface area contributed by atoms with Gasteiger partial charge in [-0.05, 0) is 64.9 Å². The van der Waals surface area contributed by atoms with E-state index >= 15 is 0 Å². The quantitative estimate of drug-likeness (QED) is 0.860. The summed E-state index contributed by atoms with van der Waals surface area (Å²) in [5, 5.41) is 3.01. The van der Waals surface area contributed by atoms with Crippen molar-refractivity contribution in [1.82, 2.24) is 15.2 Å². The van der Waals surface area contributed by atoms with E-state index in [1.54, 1.807) is 19.1 Å². The Morgan fingerprint density at radius 1 is 1.35 bits per heavy atom. The van der Waals surface area contributed by atoms with Gasteiger partial charge in [-0.1, -0.05) is 6.07 Å². The van der Waals surface area contributed by atoms with Crippen molar-refractivity contribution in [3.63, 3.8) is 0 Å². The number of carbonyl (C=O) groups is 1. The van der Waals surface area contributed by atoms with Crippen LogP contribution in [0.3, 0.4) is 0 Å². The van der Waals surface area contributed by atoms with Crippen molar-refractivity contribution in [1.29, 1.82) is 0 Å². The second kappa shape index (κ2) is 7.58. The Morgan fingerprint density at radius 3 is 2.77 bits per heavy atom. The molecule has 2 heterocycles. The average molecular weight is 359 g/mol. The minimum absolute atomic E-state index is 0.0578. The molecule has 26 heavy (non-hydrogen) atoms. The predicted octanol–water partition coefficient (Wildman–Crippen LogP) is 3.32. The summed E-state index contributed by atoms with van der Waals surface area (Å²) in [6, 6.07) is 6.08. The Morgan fingerprint density at radius 2 is 2.08 bits per heavy atom. The number of aryl methyl sites for hydroxylation is 1. The molecule has 140 valence electrons. The maximum Gasteiger partial charge on any atom is 0.226 e. The smallest absolute Gasteiger partial charge is 0.226 e. The van der Waals surface area contributed by atoms with Crippen LogP contribution in [0.2, 0.25) is 0 Å². The third kappa shape index (κ3) is 4.30. The van der Waals surface area contributed by atoms with E-state index in [-0.39, 0.29) is 23.7 Å². The largest absolute Gasteiger partial charge is 0.441 e. The molecule has 1 aromatic heterocycles. The Kier molecular flexibility index (Phi) is 5.41. The summed E-state index contributed by atoms with van der Waals surface area (Å²) in [5.41, 5.74) is 1.09. The van der Waals surface area contributed by atoms with E-state index in [4.69, 9.17) is 4.42 Å². The second-order valence-corrected chi connectivity index (χ2v) is 7.49. The van der Waals surface area contributed by atoms with Gasteiger partial charge in [0.15, 0.2) is 0 Å². The van der Waals surface area contributed by atoms with Crippen LogP contribution in [0, 0.1) is 12.7 Å². The van der Waals surface area contributed by atoms with Gasteiger partial charge in [0.25, 0.3) is 0 Å². The van der Waals surface area contributed by atoms with Crippen LogP contribution >= 0.6 is 0 Å². The number of nitrogens with one attached hydrogen (secondary N) is 1. The Hall–Kier alpha value is -2.21. The average Bonchev–Trinajstić information content (AvgIpc) is 3.24. The zero-order valence-corrected chi connectivity index (χ0v) is 15.6. The Labute approximate surface area is 153 Å². The summed E-state index contributed by atoms with van der Waals surface area (Å²) in [4.78, 5) is 19.1. The summed E-state index contributed by atoms with van der Waals surface area (Å²) in [6.07, 6.45) is 2.59. The monoisotopic (exact) mass is 359 g/mol. The first-order valence-electron chi connectivity index (χ1n) is 9.09. The van der Waals surface area contributed by atoms with Crippen LogP contribution in [0.1, 0.15) is 38.1 Å². The summed E-state index contributed by atoms with van der Waals surface area (Å²) in [7, 11) is 0. The molecule has 1 fully saturated rings. The number of aromatic nitrogens is 1. The van der Waals surface area contributed by atoms with Gasteiger partial charge in [0.2, 0.25) is 11.8 Å². The van der Waals surface area contributed by atoms with E-state index in [9.17, 15) is 9.18 Å². The fraction of sp³-hybridized carbons (Fsp3) is 0.500. The van der Waals surface area contributed by atoms with Crippen molar-refractivity contribution < 1.29 is 13.6 Å². The lowest BCUT2D eigenvalue weighted by molar-refractivity contribution is -0.121. The second-order valence-electron chi connectivity index (χ2n) is 7.49. The molecular weight excluding hydrogens is 333 g/mol. The molecule has 1 saturated heterocycles. The number of oxazole rings is 1. The van der Waals surface area contributed by atoms with Crippen molar-refractivity contribution in [3.8, 4) is 11.5 Å². The lowest BCUT2D eigenvalue weighted by Crippen LogP contribution is -2.50. The molecule has 0 spiro atoms. The number of amides is 1. The molecule has 1 aliphatic heterocycles. The number of nitrogens with zero attached hydrogens (tertiary/aromatic N) is 2. The highest BCUT2D eigenvalue weighted by molar-refractivity contribution is 5.78. The first-order chi connectivity index (χ1) is 12.3. The molecule has 3 rings (SSSR count). The van der Waals surface area contributed by atoms with Crippen molar-refractivity contribution in [2.45, 2.75) is 45.6 Å². The minimum Gasteiger partial charge on any atom is -0.441 e. The van der Waals surface area contributed by atoms with Crippen LogP contribution in [0.25, 0.3) is 11.5 Å². The van der Waals surface area contributed by atoms with E-state index in [2.05, 4.69) is 29.0 Å². The Balaban J connectivity index is 1.61. The molecule has 1 aliphatic rings. The zero-order valence-electron chi connectivity index (χ0n) is 15.6. The van der Waals surface area contributed by atoms with E-state index < -0.39 is 0 Å². The summed E-state index contributed by atoms with van der Waals surface area (Å²) >= 11 is 0. The molecule has 6 heteroatoms. The lowest BCUT2D eigenvalue weighted by atomic mass is 10.0. The third-order valence-corrected chi connectivity index (χ3v) is 4.97. The maximum atomic E-state index is 13.4. The van der Waals surface area contributed by atoms with Gasteiger partial charge in [-0.3, -0.25) is 9.69 Å². The number of hydrogen-bond donors (Lipinski definition) is 1. The third-order valence-electron chi connectivity index (χ3n) is 4.97. The fourth-order valence-corrected chi connectivity index (χ4v) is 3.30. The number of hydrogen-bond acceptors (Lipinski definition) is 4. The topological polar surface area (TPSA) is 58.4 Å². The molecule has 0 saturated carbocycles. The SMILES string of the molecule is Cc1oc(-c2cccc(F)c2)nc1CC(=O)NCC(C)(C)N1CCCC1. The molecule has 0 radical (unpaired) electrons. The van der Waals surface area contributed by atoms with E-state index in [0.717, 1.165) is 13.1 Å². The van der Waals surface area contributed by atoms with Gasteiger partial charge in [-0.2, -0.15) is 0 Å². The van der Waals surface area contributed by atoms with Gasteiger partial charge >= 0.3 is 0 Å². The van der Waals surface area contributed by atoms with E-state index in [0.29, 0.717) is 29.5 Å². The van der Waals surface area contributed by atoms with Gasteiger partial charge in [-0.15, -0.1) is 0 Å². The van der Waals surface area contributed by atoms with Crippen molar-refractivity contribution >= 4 is 5.91 Å². The molecule has 1 aromatic carbocycles. The number of benzene rings is 1. The van der Waals surface area contributed by atoms with Gasteiger partial charge in [-0.25, -0.2) is 9.37 Å². The van der Waals surface area contributed by atoms with Crippen LogP contribution < -0.4 is 5.32 Å². The highest BCUT2D eigenvalue weighted by Crippen LogP contribution is 2.23. The molecule has 1 N–H and O–H groups in total. The van der Waals surface area contributed by atoms with Crippen LogP contribution in [-0.4, -0.2) is 41.0 Å². The number of carbonyl (C=O) groups excluding carboxylic acids is 1. The summed E-state index contributed by atoms with van der Waals surface area (Å²) in [5.74, 6) is 0.488. The number of halogens is 1. The van der Waals surface area contributed by atoms with Gasteiger partial charge < -0.3 is 9.73 Å². The van der Waals surface area contributed by atoms with Crippen molar-refractivity contribution in [2.75, 3.05) is 19.6 Å². The molecule has 0 atom stereocenters. The van der Waals surface area contributed by atoms with Gasteiger partial charge in [0, 0.05) is 17.6 Å². The molecule has 5 nitrogen and oxygen atoms in total. The Bertz CT molecular complexity index is 779. The number of rotatable bonds is 6. The first kappa shape index (κ1) is 18.6. The standard InChI is InChI=1S/C20H26FN3O2/c1-14-17(23-19(26-14)15-7-6-8-16(21)11-15)12-18(25)22-13-20(2,3)24-9-4-5-10-24/h6-8,11H,4-5,9-10,12-13H2,1-3H3,(H,22,25). The highest BCUT2D eigenvalue weighted by Gasteiger charge is 2.29. The first-order valence-corrected chi connectivity index (χ1v) is 9.09. The summed E-state index contributed by atoms with van der Waals surface area (Å²) < 4.78 is 19.0. The van der Waals surface area contributed by atoms with Crippen LogP contribution in [0.4, 0.5) is 4.39 Å². The molecule has 0 bridgehead atoms. The van der Waals surface area contributed by atoms with Crippen LogP contribution in [0.5, 0.6) is 0 Å². The predicted molar refractivity (Wildman–Crippen MR) is 98.2 cm³/mol. The van der Waals surface area contributed by atoms with Gasteiger partial charge in [0.05, 0.1) is 12.1 Å². The maximum absolute atomic E-state index is 13.4. The van der Waals surface area contributed by atoms with E-state index in [1.165, 1.54) is 25.0 Å². The molecule has 1 amide bonds. The molecule has 2 aromatic rings. The lowest BCUT2D eigenvalue weighted by Gasteiger charge is -2.35. The molecule has 0 aliphatic carbocycles. The van der Waals surface area contributed by atoms with Gasteiger partial charge in [0.1, 0.15) is 11.6 Å².